The van der Waals surface area contributed by atoms with Crippen molar-refractivity contribution in [1.82, 2.24) is 4.90 Å². The topological polar surface area (TPSA) is 29.5 Å². The van der Waals surface area contributed by atoms with E-state index in [9.17, 15) is 4.79 Å². The molecule has 0 N–H and O–H groups in total. The fourth-order valence-electron chi connectivity index (χ4n) is 4.47. The Morgan fingerprint density at radius 2 is 1.64 bits per heavy atom. The Bertz CT molecular complexity index is 957. The Morgan fingerprint density at radius 1 is 0.920 bits per heavy atom. The number of rotatable bonds is 2. The van der Waals surface area contributed by atoms with Crippen molar-refractivity contribution in [3.63, 3.8) is 0 Å². The lowest BCUT2D eigenvalue weighted by molar-refractivity contribution is -0.145. The summed E-state index contributed by atoms with van der Waals surface area (Å²) in [6, 6.07) is 18.6. The SMILES string of the molecule is O=C(Oc1ccc2ccc3ccccc3c2c1)C1CN2CCC1CC2. The molecule has 126 valence electrons. The average molecular weight is 331 g/mol. The van der Waals surface area contributed by atoms with Crippen LogP contribution in [0.3, 0.4) is 0 Å². The molecule has 3 nitrogen and oxygen atoms in total. The molecule has 3 aromatic rings. The second-order valence-electron chi connectivity index (χ2n) is 7.34. The first kappa shape index (κ1) is 14.9. The fraction of sp³-hybridized carbons (Fsp3) is 0.318. The number of nitrogens with zero attached hydrogens (tertiary/aromatic N) is 1. The minimum Gasteiger partial charge on any atom is -0.426 e. The van der Waals surface area contributed by atoms with E-state index < -0.39 is 0 Å². The summed E-state index contributed by atoms with van der Waals surface area (Å²) in [5, 5.41) is 4.70. The first-order valence-electron chi connectivity index (χ1n) is 9.13. The summed E-state index contributed by atoms with van der Waals surface area (Å²) in [6.07, 6.45) is 2.25. The van der Waals surface area contributed by atoms with Gasteiger partial charge in [0.25, 0.3) is 0 Å². The number of esters is 1. The van der Waals surface area contributed by atoms with Gasteiger partial charge in [-0.3, -0.25) is 4.79 Å². The average Bonchev–Trinajstić information content (AvgIpc) is 2.68. The Morgan fingerprint density at radius 3 is 2.40 bits per heavy atom. The third-order valence-corrected chi connectivity index (χ3v) is 5.90. The monoisotopic (exact) mass is 331 g/mol. The Hall–Kier alpha value is -2.39. The highest BCUT2D eigenvalue weighted by Crippen LogP contribution is 2.34. The van der Waals surface area contributed by atoms with Crippen LogP contribution in [0, 0.1) is 11.8 Å². The van der Waals surface area contributed by atoms with Gasteiger partial charge in [-0.25, -0.2) is 0 Å². The minimum absolute atomic E-state index is 0.0331. The number of hydrogen-bond acceptors (Lipinski definition) is 3. The van der Waals surface area contributed by atoms with Crippen molar-refractivity contribution in [2.75, 3.05) is 19.6 Å². The van der Waals surface area contributed by atoms with E-state index in [-0.39, 0.29) is 11.9 Å². The lowest BCUT2D eigenvalue weighted by atomic mass is 9.79. The highest BCUT2D eigenvalue weighted by atomic mass is 16.5. The molecule has 3 saturated heterocycles. The summed E-state index contributed by atoms with van der Waals surface area (Å²) in [6.45, 7) is 3.13. The molecule has 3 aromatic carbocycles. The van der Waals surface area contributed by atoms with E-state index in [2.05, 4.69) is 29.2 Å². The molecular weight excluding hydrogens is 310 g/mol. The van der Waals surface area contributed by atoms with E-state index in [1.54, 1.807) is 0 Å². The molecule has 3 heterocycles. The van der Waals surface area contributed by atoms with Crippen LogP contribution in [-0.4, -0.2) is 30.5 Å². The quantitative estimate of drug-likeness (QED) is 0.400. The van der Waals surface area contributed by atoms with Crippen molar-refractivity contribution in [3.8, 4) is 5.75 Å². The molecule has 0 saturated carbocycles. The first-order chi connectivity index (χ1) is 12.3. The van der Waals surface area contributed by atoms with E-state index in [1.807, 2.05) is 30.3 Å². The second kappa shape index (κ2) is 5.85. The van der Waals surface area contributed by atoms with Crippen LogP contribution in [0.1, 0.15) is 12.8 Å². The number of carbonyl (C=O) groups excluding carboxylic acids is 1. The maximum Gasteiger partial charge on any atom is 0.315 e. The van der Waals surface area contributed by atoms with Crippen LogP contribution < -0.4 is 4.74 Å². The number of ether oxygens (including phenoxy) is 1. The zero-order valence-electron chi connectivity index (χ0n) is 14.2. The van der Waals surface area contributed by atoms with E-state index in [1.165, 1.54) is 16.2 Å². The predicted molar refractivity (Wildman–Crippen MR) is 99.7 cm³/mol. The van der Waals surface area contributed by atoms with Crippen molar-refractivity contribution in [2.24, 2.45) is 11.8 Å². The zero-order chi connectivity index (χ0) is 16.8. The highest BCUT2D eigenvalue weighted by molar-refractivity contribution is 6.07. The van der Waals surface area contributed by atoms with Crippen LogP contribution >= 0.6 is 0 Å². The van der Waals surface area contributed by atoms with Gasteiger partial charge >= 0.3 is 5.97 Å². The smallest absolute Gasteiger partial charge is 0.315 e. The number of carbonyl (C=O) groups is 1. The molecule has 1 atom stereocenters. The van der Waals surface area contributed by atoms with Gasteiger partial charge < -0.3 is 9.64 Å². The predicted octanol–water partition coefficient (Wildman–Crippen LogP) is 4.24. The maximum atomic E-state index is 12.7. The molecule has 0 spiro atoms. The van der Waals surface area contributed by atoms with Crippen molar-refractivity contribution >= 4 is 27.5 Å². The molecule has 2 bridgehead atoms. The number of hydrogen-bond donors (Lipinski definition) is 0. The third kappa shape index (κ3) is 2.59. The molecule has 0 radical (unpaired) electrons. The van der Waals surface area contributed by atoms with Gasteiger partial charge in [0.1, 0.15) is 5.75 Å². The van der Waals surface area contributed by atoms with Crippen LogP contribution in [0.4, 0.5) is 0 Å². The van der Waals surface area contributed by atoms with Crippen molar-refractivity contribution in [3.05, 3.63) is 54.6 Å². The summed E-state index contributed by atoms with van der Waals surface area (Å²) in [7, 11) is 0. The molecular formula is C22H21NO2. The number of piperidine rings is 3. The van der Waals surface area contributed by atoms with Gasteiger partial charge in [-0.2, -0.15) is 0 Å². The van der Waals surface area contributed by atoms with E-state index in [0.717, 1.165) is 37.9 Å². The minimum atomic E-state index is -0.0611. The highest BCUT2D eigenvalue weighted by Gasteiger charge is 2.39. The third-order valence-electron chi connectivity index (χ3n) is 5.90. The summed E-state index contributed by atoms with van der Waals surface area (Å²) in [4.78, 5) is 15.1. The lowest BCUT2D eigenvalue weighted by Gasteiger charge is -2.43. The van der Waals surface area contributed by atoms with Crippen LogP contribution in [-0.2, 0) is 4.79 Å². The molecule has 0 amide bonds. The van der Waals surface area contributed by atoms with E-state index in [0.29, 0.717) is 11.7 Å². The Labute approximate surface area is 147 Å². The zero-order valence-corrected chi connectivity index (χ0v) is 14.2. The molecule has 0 aliphatic carbocycles. The van der Waals surface area contributed by atoms with Gasteiger partial charge in [-0.05, 0) is 65.5 Å². The number of fused-ring (bicyclic) bond motifs is 6. The summed E-state index contributed by atoms with van der Waals surface area (Å²) >= 11 is 0. The molecule has 3 heteroatoms. The maximum absolute atomic E-state index is 12.7. The van der Waals surface area contributed by atoms with Crippen LogP contribution in [0.2, 0.25) is 0 Å². The fourth-order valence-corrected chi connectivity index (χ4v) is 4.47. The lowest BCUT2D eigenvalue weighted by Crippen LogP contribution is -2.50. The summed E-state index contributed by atoms with van der Waals surface area (Å²) < 4.78 is 5.80. The molecule has 0 aromatic heterocycles. The van der Waals surface area contributed by atoms with Gasteiger partial charge in [-0.1, -0.05) is 42.5 Å². The largest absolute Gasteiger partial charge is 0.426 e. The molecule has 25 heavy (non-hydrogen) atoms. The van der Waals surface area contributed by atoms with E-state index in [4.69, 9.17) is 4.74 Å². The van der Waals surface area contributed by atoms with Crippen molar-refractivity contribution in [2.45, 2.75) is 12.8 Å². The summed E-state index contributed by atoms with van der Waals surface area (Å²) in [5.74, 6) is 1.13. The van der Waals surface area contributed by atoms with Gasteiger partial charge in [0.2, 0.25) is 0 Å². The first-order valence-corrected chi connectivity index (χ1v) is 9.13. The van der Waals surface area contributed by atoms with Gasteiger partial charge in [0.15, 0.2) is 0 Å². The second-order valence-corrected chi connectivity index (χ2v) is 7.34. The Kier molecular flexibility index (Phi) is 3.49. The molecule has 6 rings (SSSR count). The van der Waals surface area contributed by atoms with Gasteiger partial charge in [0, 0.05) is 6.54 Å². The molecule has 3 aliphatic heterocycles. The molecule has 3 fully saturated rings. The van der Waals surface area contributed by atoms with Gasteiger partial charge in [0.05, 0.1) is 5.92 Å². The van der Waals surface area contributed by atoms with Crippen molar-refractivity contribution < 1.29 is 9.53 Å². The standard InChI is InChI=1S/C22H21NO2/c24-22(21-14-23-11-9-17(21)10-12-23)25-18-8-7-16-6-5-15-3-1-2-4-19(15)20(16)13-18/h1-8,13,17,21H,9-12,14H2. The summed E-state index contributed by atoms with van der Waals surface area (Å²) in [5.41, 5.74) is 0. The van der Waals surface area contributed by atoms with Gasteiger partial charge in [-0.15, -0.1) is 0 Å². The van der Waals surface area contributed by atoms with Crippen LogP contribution in [0.15, 0.2) is 54.6 Å². The van der Waals surface area contributed by atoms with Crippen molar-refractivity contribution in [1.29, 1.82) is 0 Å². The normalized spacial score (nSPS) is 25.4. The Balaban J connectivity index is 1.46. The van der Waals surface area contributed by atoms with Crippen LogP contribution in [0.5, 0.6) is 5.75 Å². The number of benzene rings is 3. The molecule has 3 aliphatic rings. The molecule has 1 unspecified atom stereocenters. The van der Waals surface area contributed by atoms with Crippen LogP contribution in [0.25, 0.3) is 21.5 Å². The van der Waals surface area contributed by atoms with E-state index >= 15 is 0 Å².